The van der Waals surface area contributed by atoms with Gasteiger partial charge < -0.3 is 15.3 Å². The number of nitrogens with zero attached hydrogens (tertiary/aromatic N) is 1. The minimum Gasteiger partial charge on any atom is -0.396 e. The van der Waals surface area contributed by atoms with Crippen LogP contribution in [0.2, 0.25) is 0 Å². The quantitative estimate of drug-likeness (QED) is 0.877. The van der Waals surface area contributed by atoms with Gasteiger partial charge in [0.1, 0.15) is 0 Å². The van der Waals surface area contributed by atoms with E-state index >= 15 is 0 Å². The number of rotatable bonds is 5. The monoisotopic (exact) mass is 300 g/mol. The molecule has 0 atom stereocenters. The highest BCUT2D eigenvalue weighted by atomic mass is 79.9. The number of halogens is 1. The van der Waals surface area contributed by atoms with E-state index in [1.165, 1.54) is 0 Å². The van der Waals surface area contributed by atoms with Gasteiger partial charge in [-0.05, 0) is 24.6 Å². The number of carbonyl (C=O) groups is 1. The van der Waals surface area contributed by atoms with Gasteiger partial charge in [-0.25, -0.2) is 0 Å². The van der Waals surface area contributed by atoms with Crippen LogP contribution < -0.4 is 10.2 Å². The van der Waals surface area contributed by atoms with E-state index in [-0.39, 0.29) is 12.5 Å². The van der Waals surface area contributed by atoms with Crippen molar-refractivity contribution >= 4 is 33.2 Å². The molecular weight excluding hydrogens is 284 g/mol. The molecule has 0 unspecified atom stereocenters. The zero-order valence-corrected chi connectivity index (χ0v) is 11.6. The van der Waals surface area contributed by atoms with E-state index in [9.17, 15) is 4.79 Å². The molecule has 1 rings (SSSR count). The van der Waals surface area contributed by atoms with Crippen molar-refractivity contribution < 1.29 is 9.90 Å². The fourth-order valence-electron chi connectivity index (χ4n) is 1.45. The maximum absolute atomic E-state index is 11.6. The molecule has 0 saturated carbocycles. The Morgan fingerprint density at radius 2 is 2.18 bits per heavy atom. The smallest absolute Gasteiger partial charge is 0.224 e. The molecule has 1 aromatic carbocycles. The van der Waals surface area contributed by atoms with Crippen molar-refractivity contribution in [1.29, 1.82) is 0 Å². The van der Waals surface area contributed by atoms with Crippen LogP contribution in [-0.2, 0) is 4.79 Å². The number of nitrogens with one attached hydrogen (secondary N) is 1. The standard InChI is InChI=1S/C12H17BrN2O2/c1-15(2)11-6-5-9(13)8-10(11)14-12(17)4-3-7-16/h5-6,8,16H,3-4,7H2,1-2H3,(H,14,17). The Labute approximate surface area is 110 Å². The number of anilines is 2. The lowest BCUT2D eigenvalue weighted by Crippen LogP contribution is -2.16. The first-order chi connectivity index (χ1) is 8.04. The Hall–Kier alpha value is -1.07. The average Bonchev–Trinajstić information content (AvgIpc) is 2.26. The minimum atomic E-state index is -0.0831. The summed E-state index contributed by atoms with van der Waals surface area (Å²) in [5, 5.41) is 11.5. The van der Waals surface area contributed by atoms with Crippen LogP contribution in [0.25, 0.3) is 0 Å². The summed E-state index contributed by atoms with van der Waals surface area (Å²) in [6, 6.07) is 5.73. The van der Waals surface area contributed by atoms with Gasteiger partial charge in [0, 0.05) is 31.6 Å². The first-order valence-electron chi connectivity index (χ1n) is 5.42. The molecule has 0 bridgehead atoms. The summed E-state index contributed by atoms with van der Waals surface area (Å²) in [4.78, 5) is 13.5. The topological polar surface area (TPSA) is 52.6 Å². The first-order valence-corrected chi connectivity index (χ1v) is 6.21. The normalized spacial score (nSPS) is 10.1. The van der Waals surface area contributed by atoms with Crippen LogP contribution in [0, 0.1) is 0 Å². The Morgan fingerprint density at radius 3 is 2.76 bits per heavy atom. The molecule has 0 radical (unpaired) electrons. The third-order valence-corrected chi connectivity index (χ3v) is 2.77. The maximum atomic E-state index is 11.6. The zero-order valence-electron chi connectivity index (χ0n) is 10.0. The summed E-state index contributed by atoms with van der Waals surface area (Å²) < 4.78 is 0.917. The van der Waals surface area contributed by atoms with E-state index in [0.29, 0.717) is 12.8 Å². The number of hydrogen-bond donors (Lipinski definition) is 2. The molecule has 1 aromatic rings. The fourth-order valence-corrected chi connectivity index (χ4v) is 1.81. The molecule has 2 N–H and O–H groups in total. The highest BCUT2D eigenvalue weighted by molar-refractivity contribution is 9.10. The van der Waals surface area contributed by atoms with Gasteiger partial charge in [-0.15, -0.1) is 0 Å². The number of benzene rings is 1. The highest BCUT2D eigenvalue weighted by Crippen LogP contribution is 2.28. The van der Waals surface area contributed by atoms with Gasteiger partial charge in [0.25, 0.3) is 0 Å². The van der Waals surface area contributed by atoms with E-state index in [1.807, 2.05) is 37.2 Å². The number of aliphatic hydroxyl groups is 1. The molecule has 4 nitrogen and oxygen atoms in total. The van der Waals surface area contributed by atoms with Crippen molar-refractivity contribution in [1.82, 2.24) is 0 Å². The third kappa shape index (κ3) is 4.36. The van der Waals surface area contributed by atoms with Gasteiger partial charge in [-0.3, -0.25) is 4.79 Å². The molecule has 0 aliphatic heterocycles. The lowest BCUT2D eigenvalue weighted by atomic mass is 10.2. The summed E-state index contributed by atoms with van der Waals surface area (Å²) in [5.41, 5.74) is 1.72. The Bertz CT molecular complexity index is 394. The van der Waals surface area contributed by atoms with Crippen LogP contribution in [-0.4, -0.2) is 31.7 Å². The van der Waals surface area contributed by atoms with E-state index in [4.69, 9.17) is 5.11 Å². The number of carbonyl (C=O) groups excluding carboxylic acids is 1. The second-order valence-corrected chi connectivity index (χ2v) is 4.85. The lowest BCUT2D eigenvalue weighted by Gasteiger charge is -2.18. The summed E-state index contributed by atoms with van der Waals surface area (Å²) >= 11 is 3.38. The zero-order chi connectivity index (χ0) is 12.8. The van der Waals surface area contributed by atoms with E-state index in [1.54, 1.807) is 0 Å². The van der Waals surface area contributed by atoms with Crippen LogP contribution in [0.5, 0.6) is 0 Å². The molecule has 94 valence electrons. The Morgan fingerprint density at radius 1 is 1.47 bits per heavy atom. The van der Waals surface area contributed by atoms with E-state index < -0.39 is 0 Å². The minimum absolute atomic E-state index is 0.0342. The van der Waals surface area contributed by atoms with Gasteiger partial charge in [0.15, 0.2) is 0 Å². The van der Waals surface area contributed by atoms with Crippen molar-refractivity contribution in [3.8, 4) is 0 Å². The lowest BCUT2D eigenvalue weighted by molar-refractivity contribution is -0.116. The second kappa shape index (κ2) is 6.61. The molecular formula is C12H17BrN2O2. The molecule has 0 aliphatic rings. The first kappa shape index (κ1) is 14.0. The molecule has 0 spiro atoms. The van der Waals surface area contributed by atoms with Crippen LogP contribution in [0.4, 0.5) is 11.4 Å². The van der Waals surface area contributed by atoms with Gasteiger partial charge in [-0.1, -0.05) is 15.9 Å². The van der Waals surface area contributed by atoms with Crippen LogP contribution in [0.3, 0.4) is 0 Å². The SMILES string of the molecule is CN(C)c1ccc(Br)cc1NC(=O)CCCO. The molecule has 1 amide bonds. The summed E-state index contributed by atoms with van der Waals surface area (Å²) in [5.74, 6) is -0.0831. The average molecular weight is 301 g/mol. The van der Waals surface area contributed by atoms with Crippen molar-refractivity contribution in [2.24, 2.45) is 0 Å². The van der Waals surface area contributed by atoms with Crippen LogP contribution in [0.1, 0.15) is 12.8 Å². The number of amides is 1. The predicted octanol–water partition coefficient (Wildman–Crippen LogP) is 2.23. The molecule has 0 fully saturated rings. The summed E-state index contributed by atoms with van der Waals surface area (Å²) in [7, 11) is 3.85. The second-order valence-electron chi connectivity index (χ2n) is 3.93. The van der Waals surface area contributed by atoms with Crippen LogP contribution in [0.15, 0.2) is 22.7 Å². The van der Waals surface area contributed by atoms with Gasteiger partial charge in [-0.2, -0.15) is 0 Å². The van der Waals surface area contributed by atoms with Gasteiger partial charge in [0.05, 0.1) is 11.4 Å². The summed E-state index contributed by atoms with van der Waals surface area (Å²) in [6.07, 6.45) is 0.813. The molecule has 5 heteroatoms. The van der Waals surface area contributed by atoms with E-state index in [0.717, 1.165) is 15.8 Å². The molecule has 0 saturated heterocycles. The molecule has 0 heterocycles. The number of hydrogen-bond acceptors (Lipinski definition) is 3. The third-order valence-electron chi connectivity index (χ3n) is 2.28. The number of aliphatic hydroxyl groups excluding tert-OH is 1. The molecule has 0 aromatic heterocycles. The van der Waals surface area contributed by atoms with Gasteiger partial charge in [0.2, 0.25) is 5.91 Å². The Balaban J connectivity index is 2.81. The Kier molecular flexibility index (Phi) is 5.44. The van der Waals surface area contributed by atoms with Crippen molar-refractivity contribution in [2.75, 3.05) is 30.9 Å². The largest absolute Gasteiger partial charge is 0.396 e. The van der Waals surface area contributed by atoms with Crippen molar-refractivity contribution in [3.63, 3.8) is 0 Å². The maximum Gasteiger partial charge on any atom is 0.224 e. The molecule has 0 aliphatic carbocycles. The molecule has 17 heavy (non-hydrogen) atoms. The summed E-state index contributed by atoms with van der Waals surface area (Å²) in [6.45, 7) is 0.0342. The van der Waals surface area contributed by atoms with Crippen molar-refractivity contribution in [3.05, 3.63) is 22.7 Å². The highest BCUT2D eigenvalue weighted by Gasteiger charge is 2.08. The van der Waals surface area contributed by atoms with Crippen molar-refractivity contribution in [2.45, 2.75) is 12.8 Å². The fraction of sp³-hybridized carbons (Fsp3) is 0.417. The predicted molar refractivity (Wildman–Crippen MR) is 73.4 cm³/mol. The van der Waals surface area contributed by atoms with Crippen LogP contribution >= 0.6 is 15.9 Å². The van der Waals surface area contributed by atoms with Gasteiger partial charge >= 0.3 is 0 Å². The van der Waals surface area contributed by atoms with E-state index in [2.05, 4.69) is 21.2 Å².